The number of fused-ring (bicyclic) bond motifs is 1. The van der Waals surface area contributed by atoms with Crippen molar-refractivity contribution < 1.29 is 17.9 Å². The highest BCUT2D eigenvalue weighted by molar-refractivity contribution is 5.83. The molecule has 10 heteroatoms. The van der Waals surface area contributed by atoms with Crippen LogP contribution >= 0.6 is 0 Å². The summed E-state index contributed by atoms with van der Waals surface area (Å²) in [5.74, 6) is 1.30. The summed E-state index contributed by atoms with van der Waals surface area (Å²) in [5.41, 5.74) is 0.783. The zero-order chi connectivity index (χ0) is 23.2. The lowest BCUT2D eigenvalue weighted by Crippen LogP contribution is -2.16. The van der Waals surface area contributed by atoms with Crippen molar-refractivity contribution in [2.24, 2.45) is 5.92 Å². The highest BCUT2D eigenvalue weighted by atomic mass is 19.4. The fraction of sp³-hybridized carbons (Fsp3) is 0.391. The second-order valence-corrected chi connectivity index (χ2v) is 8.56. The third-order valence-electron chi connectivity index (χ3n) is 6.22. The monoisotopic (exact) mass is 456 g/mol. The van der Waals surface area contributed by atoms with Crippen molar-refractivity contribution >= 4 is 10.9 Å². The lowest BCUT2D eigenvalue weighted by Gasteiger charge is -2.26. The molecular weight excluding hydrogens is 433 g/mol. The van der Waals surface area contributed by atoms with Crippen LogP contribution < -0.4 is 4.74 Å². The van der Waals surface area contributed by atoms with Gasteiger partial charge in [0.2, 0.25) is 0 Å². The van der Waals surface area contributed by atoms with E-state index in [0.29, 0.717) is 17.5 Å². The van der Waals surface area contributed by atoms with Crippen molar-refractivity contribution in [3.63, 3.8) is 0 Å². The highest BCUT2D eigenvalue weighted by Crippen LogP contribution is 2.34. The van der Waals surface area contributed by atoms with E-state index in [1.807, 2.05) is 23.0 Å². The van der Waals surface area contributed by atoms with Gasteiger partial charge in [0.25, 0.3) is 0 Å². The fourth-order valence-corrected chi connectivity index (χ4v) is 4.33. The molecule has 172 valence electrons. The van der Waals surface area contributed by atoms with Gasteiger partial charge in [-0.25, -0.2) is 9.67 Å². The minimum absolute atomic E-state index is 0.0930. The zero-order valence-corrected chi connectivity index (χ0v) is 18.3. The number of halogens is 3. The Morgan fingerprint density at radius 3 is 2.55 bits per heavy atom. The van der Waals surface area contributed by atoms with Crippen molar-refractivity contribution in [3.05, 3.63) is 48.4 Å². The average Bonchev–Trinajstić information content (AvgIpc) is 3.45. The molecule has 1 aromatic carbocycles. The SMILES string of the molecule is COc1cc2nn(C3CCC(C)CC3)cc2cc1-n1cc(-c2cccc(C(F)(F)F)n2)nn1. The van der Waals surface area contributed by atoms with E-state index in [4.69, 9.17) is 9.84 Å². The van der Waals surface area contributed by atoms with E-state index in [2.05, 4.69) is 22.2 Å². The molecule has 1 aliphatic rings. The number of alkyl halides is 3. The van der Waals surface area contributed by atoms with Crippen LogP contribution in [0.5, 0.6) is 5.75 Å². The summed E-state index contributed by atoms with van der Waals surface area (Å²) in [6, 6.07) is 7.83. The quantitative estimate of drug-likeness (QED) is 0.408. The molecule has 7 nitrogen and oxygen atoms in total. The summed E-state index contributed by atoms with van der Waals surface area (Å²) in [7, 11) is 1.55. The molecule has 0 unspecified atom stereocenters. The van der Waals surface area contributed by atoms with E-state index in [9.17, 15) is 13.2 Å². The van der Waals surface area contributed by atoms with Crippen LogP contribution in [0.25, 0.3) is 28.0 Å². The maximum Gasteiger partial charge on any atom is 0.433 e. The molecule has 0 aliphatic heterocycles. The summed E-state index contributed by atoms with van der Waals surface area (Å²) in [6.45, 7) is 2.29. The molecule has 3 heterocycles. The van der Waals surface area contributed by atoms with E-state index < -0.39 is 11.9 Å². The highest BCUT2D eigenvalue weighted by Gasteiger charge is 2.32. The zero-order valence-electron chi connectivity index (χ0n) is 18.3. The maximum absolute atomic E-state index is 13.0. The molecule has 33 heavy (non-hydrogen) atoms. The number of methoxy groups -OCH3 is 1. The first-order chi connectivity index (χ1) is 15.8. The number of rotatable bonds is 4. The Balaban J connectivity index is 1.49. The summed E-state index contributed by atoms with van der Waals surface area (Å²) in [6.07, 6.45) is 3.65. The molecule has 0 radical (unpaired) electrons. The minimum atomic E-state index is -4.53. The maximum atomic E-state index is 13.0. The summed E-state index contributed by atoms with van der Waals surface area (Å²) >= 11 is 0. The molecule has 1 saturated carbocycles. The molecule has 3 aromatic heterocycles. The Morgan fingerprint density at radius 1 is 1.03 bits per heavy atom. The summed E-state index contributed by atoms with van der Waals surface area (Å²) in [4.78, 5) is 3.69. The van der Waals surface area contributed by atoms with E-state index in [-0.39, 0.29) is 11.4 Å². The molecule has 1 fully saturated rings. The largest absolute Gasteiger partial charge is 0.494 e. The van der Waals surface area contributed by atoms with Crippen LogP contribution in [-0.2, 0) is 6.18 Å². The molecule has 0 N–H and O–H groups in total. The molecule has 0 bridgehead atoms. The van der Waals surface area contributed by atoms with Gasteiger partial charge in [-0.3, -0.25) is 4.68 Å². The standard InChI is InChI=1S/C23H23F3N6O/c1-14-6-8-16(9-7-14)31-12-15-10-20(21(33-2)11-18(15)29-31)32-13-19(28-30-32)17-4-3-5-22(27-17)23(24,25)26/h3-5,10-14,16H,6-9H2,1-2H3. The number of hydrogen-bond acceptors (Lipinski definition) is 5. The number of benzene rings is 1. The molecule has 0 amide bonds. The van der Waals surface area contributed by atoms with Crippen LogP contribution in [0.4, 0.5) is 13.2 Å². The third kappa shape index (κ3) is 4.17. The predicted molar refractivity (Wildman–Crippen MR) is 116 cm³/mol. The number of nitrogens with zero attached hydrogens (tertiary/aromatic N) is 6. The lowest BCUT2D eigenvalue weighted by molar-refractivity contribution is -0.141. The van der Waals surface area contributed by atoms with Crippen LogP contribution in [0.2, 0.25) is 0 Å². The normalized spacial score (nSPS) is 19.2. The number of hydrogen-bond donors (Lipinski definition) is 0. The average molecular weight is 456 g/mol. The Morgan fingerprint density at radius 2 is 1.82 bits per heavy atom. The van der Waals surface area contributed by atoms with Crippen molar-refractivity contribution in [2.45, 2.75) is 44.8 Å². The molecule has 0 spiro atoms. The summed E-state index contributed by atoms with van der Waals surface area (Å²) in [5, 5.41) is 13.8. The Labute approximate surface area is 188 Å². The van der Waals surface area contributed by atoms with Crippen LogP contribution in [0, 0.1) is 5.92 Å². The Bertz CT molecular complexity index is 1290. The van der Waals surface area contributed by atoms with Crippen LogP contribution in [0.3, 0.4) is 0 Å². The van der Waals surface area contributed by atoms with E-state index in [1.54, 1.807) is 13.3 Å². The first-order valence-electron chi connectivity index (χ1n) is 10.9. The molecule has 4 aromatic rings. The van der Waals surface area contributed by atoms with E-state index in [1.165, 1.54) is 29.7 Å². The summed E-state index contributed by atoms with van der Waals surface area (Å²) < 4.78 is 48.2. The minimum Gasteiger partial charge on any atom is -0.494 e. The van der Waals surface area contributed by atoms with Gasteiger partial charge in [-0.2, -0.15) is 18.3 Å². The first kappa shape index (κ1) is 21.4. The van der Waals surface area contributed by atoms with Gasteiger partial charge in [0.05, 0.1) is 30.6 Å². The molecule has 5 rings (SSSR count). The number of pyridine rings is 1. The van der Waals surface area contributed by atoms with Crippen molar-refractivity contribution in [1.82, 2.24) is 29.8 Å². The van der Waals surface area contributed by atoms with Crippen LogP contribution in [0.1, 0.15) is 44.3 Å². The van der Waals surface area contributed by atoms with Gasteiger partial charge in [0.1, 0.15) is 22.8 Å². The lowest BCUT2D eigenvalue weighted by atomic mass is 9.87. The van der Waals surface area contributed by atoms with E-state index >= 15 is 0 Å². The van der Waals surface area contributed by atoms with Crippen molar-refractivity contribution in [2.75, 3.05) is 7.11 Å². The fourth-order valence-electron chi connectivity index (χ4n) is 4.33. The number of aromatic nitrogens is 6. The van der Waals surface area contributed by atoms with E-state index in [0.717, 1.165) is 35.7 Å². The number of ether oxygens (including phenoxy) is 1. The van der Waals surface area contributed by atoms with Gasteiger partial charge in [0, 0.05) is 17.6 Å². The molecule has 0 atom stereocenters. The molecule has 1 aliphatic carbocycles. The second-order valence-electron chi connectivity index (χ2n) is 8.56. The third-order valence-corrected chi connectivity index (χ3v) is 6.22. The Kier molecular flexibility index (Phi) is 5.30. The topological polar surface area (TPSA) is 70.7 Å². The Hall–Kier alpha value is -3.43. The van der Waals surface area contributed by atoms with Gasteiger partial charge >= 0.3 is 6.18 Å². The first-order valence-corrected chi connectivity index (χ1v) is 10.9. The van der Waals surface area contributed by atoms with Gasteiger partial charge in [-0.05, 0) is 49.8 Å². The van der Waals surface area contributed by atoms with Crippen LogP contribution in [-0.4, -0.2) is 36.9 Å². The van der Waals surface area contributed by atoms with Crippen LogP contribution in [0.15, 0.2) is 42.7 Å². The molecular formula is C23H23F3N6O. The smallest absolute Gasteiger partial charge is 0.433 e. The predicted octanol–water partition coefficient (Wildman–Crippen LogP) is 5.46. The van der Waals surface area contributed by atoms with Gasteiger partial charge < -0.3 is 4.74 Å². The van der Waals surface area contributed by atoms with Crippen molar-refractivity contribution in [3.8, 4) is 22.8 Å². The van der Waals surface area contributed by atoms with Crippen molar-refractivity contribution in [1.29, 1.82) is 0 Å². The second kappa shape index (κ2) is 8.17. The van der Waals surface area contributed by atoms with Gasteiger partial charge in [-0.15, -0.1) is 5.10 Å². The van der Waals surface area contributed by atoms with Gasteiger partial charge in [0.15, 0.2) is 0 Å². The molecule has 0 saturated heterocycles. The van der Waals surface area contributed by atoms with Gasteiger partial charge in [-0.1, -0.05) is 18.2 Å².